The molecule has 1 aromatic heterocycles. The van der Waals surface area contributed by atoms with E-state index in [2.05, 4.69) is 14.8 Å². The smallest absolute Gasteiger partial charge is 0.339 e. The number of hydrogen-bond donors (Lipinski definition) is 1. The molecule has 2 saturated heterocycles. The fraction of sp³-hybridized carbons (Fsp3) is 0.571. The van der Waals surface area contributed by atoms with Gasteiger partial charge in [0, 0.05) is 31.5 Å². The summed E-state index contributed by atoms with van der Waals surface area (Å²) >= 11 is 0. The summed E-state index contributed by atoms with van der Waals surface area (Å²) in [5.74, 6) is -0.896. The fourth-order valence-electron chi connectivity index (χ4n) is 3.19. The van der Waals surface area contributed by atoms with Crippen LogP contribution >= 0.6 is 0 Å². The average Bonchev–Trinajstić information content (AvgIpc) is 3.09. The molecular formula is C14H19N3O2. The van der Waals surface area contributed by atoms with Crippen molar-refractivity contribution < 1.29 is 9.90 Å². The van der Waals surface area contributed by atoms with Gasteiger partial charge in [0.2, 0.25) is 0 Å². The molecule has 2 aliphatic rings. The first-order valence-corrected chi connectivity index (χ1v) is 6.92. The number of rotatable bonds is 3. The standard InChI is InChI=1S/C14H19N3O2/c18-14(19)12-9-15-5-3-13(12)17-8-4-11(10-17)16-6-1-2-7-16/h3,5,9,11H,1-2,4,6-8,10H2,(H,18,19). The maximum atomic E-state index is 11.2. The fourth-order valence-corrected chi connectivity index (χ4v) is 3.19. The van der Waals surface area contributed by atoms with E-state index < -0.39 is 5.97 Å². The van der Waals surface area contributed by atoms with Crippen molar-refractivity contribution in [2.75, 3.05) is 31.1 Å². The lowest BCUT2D eigenvalue weighted by Crippen LogP contribution is -2.35. The molecule has 3 heterocycles. The van der Waals surface area contributed by atoms with Gasteiger partial charge in [-0.1, -0.05) is 0 Å². The number of aromatic nitrogens is 1. The molecule has 2 aliphatic heterocycles. The van der Waals surface area contributed by atoms with Crippen molar-refractivity contribution in [1.82, 2.24) is 9.88 Å². The SMILES string of the molecule is O=C(O)c1cnccc1N1CCC(N2CCCC2)C1. The van der Waals surface area contributed by atoms with Gasteiger partial charge in [0.1, 0.15) is 5.56 Å². The minimum absolute atomic E-state index is 0.310. The van der Waals surface area contributed by atoms with Gasteiger partial charge in [-0.25, -0.2) is 4.79 Å². The molecule has 5 nitrogen and oxygen atoms in total. The Morgan fingerprint density at radius 3 is 2.84 bits per heavy atom. The molecule has 0 bridgehead atoms. The first kappa shape index (κ1) is 12.4. The van der Waals surface area contributed by atoms with Crippen molar-refractivity contribution in [3.05, 3.63) is 24.0 Å². The van der Waals surface area contributed by atoms with Crippen LogP contribution in [0.5, 0.6) is 0 Å². The molecule has 0 aromatic carbocycles. The normalized spacial score (nSPS) is 24.0. The molecule has 102 valence electrons. The van der Waals surface area contributed by atoms with Gasteiger partial charge < -0.3 is 10.0 Å². The highest BCUT2D eigenvalue weighted by molar-refractivity contribution is 5.94. The quantitative estimate of drug-likeness (QED) is 0.892. The predicted octanol–water partition coefficient (Wildman–Crippen LogP) is 1.45. The monoisotopic (exact) mass is 261 g/mol. The van der Waals surface area contributed by atoms with Crippen LogP contribution in [0.4, 0.5) is 5.69 Å². The van der Waals surface area contributed by atoms with Crippen molar-refractivity contribution in [2.24, 2.45) is 0 Å². The number of pyridine rings is 1. The summed E-state index contributed by atoms with van der Waals surface area (Å²) in [5, 5.41) is 9.23. The van der Waals surface area contributed by atoms with E-state index in [4.69, 9.17) is 0 Å². The van der Waals surface area contributed by atoms with Gasteiger partial charge in [-0.15, -0.1) is 0 Å². The topological polar surface area (TPSA) is 56.7 Å². The highest BCUT2D eigenvalue weighted by Gasteiger charge is 2.30. The van der Waals surface area contributed by atoms with E-state index in [9.17, 15) is 9.90 Å². The maximum absolute atomic E-state index is 11.2. The third kappa shape index (κ3) is 2.42. The van der Waals surface area contributed by atoms with Crippen LogP contribution in [0.15, 0.2) is 18.5 Å². The number of carbonyl (C=O) groups is 1. The van der Waals surface area contributed by atoms with Crippen LogP contribution in [-0.2, 0) is 0 Å². The summed E-state index contributed by atoms with van der Waals surface area (Å²) < 4.78 is 0. The van der Waals surface area contributed by atoms with Crippen molar-refractivity contribution in [3.63, 3.8) is 0 Å². The molecule has 1 N–H and O–H groups in total. The summed E-state index contributed by atoms with van der Waals surface area (Å²) in [4.78, 5) is 19.9. The van der Waals surface area contributed by atoms with Gasteiger partial charge in [0.25, 0.3) is 0 Å². The van der Waals surface area contributed by atoms with E-state index in [1.807, 2.05) is 6.07 Å². The summed E-state index contributed by atoms with van der Waals surface area (Å²) in [5.41, 5.74) is 1.12. The third-order valence-corrected chi connectivity index (χ3v) is 4.19. The van der Waals surface area contributed by atoms with Gasteiger partial charge in [0.15, 0.2) is 0 Å². The molecule has 0 spiro atoms. The predicted molar refractivity (Wildman–Crippen MR) is 72.6 cm³/mol. The average molecular weight is 261 g/mol. The van der Waals surface area contributed by atoms with Gasteiger partial charge in [0.05, 0.1) is 5.69 Å². The molecule has 1 unspecified atom stereocenters. The van der Waals surface area contributed by atoms with Gasteiger partial charge >= 0.3 is 5.97 Å². The van der Waals surface area contributed by atoms with Crippen LogP contribution in [0, 0.1) is 0 Å². The lowest BCUT2D eigenvalue weighted by Gasteiger charge is -2.25. The number of carboxylic acid groups (broad SMARTS) is 1. The molecule has 0 amide bonds. The van der Waals surface area contributed by atoms with Gasteiger partial charge in [-0.2, -0.15) is 0 Å². The zero-order chi connectivity index (χ0) is 13.2. The van der Waals surface area contributed by atoms with Crippen LogP contribution in [0.25, 0.3) is 0 Å². The number of aromatic carboxylic acids is 1. The van der Waals surface area contributed by atoms with E-state index >= 15 is 0 Å². The van der Waals surface area contributed by atoms with E-state index in [1.165, 1.54) is 32.1 Å². The zero-order valence-electron chi connectivity index (χ0n) is 11.0. The number of likely N-dealkylation sites (tertiary alicyclic amines) is 1. The Kier molecular flexibility index (Phi) is 3.38. The molecule has 2 fully saturated rings. The van der Waals surface area contributed by atoms with Crippen molar-refractivity contribution in [2.45, 2.75) is 25.3 Å². The zero-order valence-corrected chi connectivity index (χ0v) is 11.0. The summed E-state index contributed by atoms with van der Waals surface area (Å²) in [7, 11) is 0. The Morgan fingerprint density at radius 1 is 1.32 bits per heavy atom. The molecule has 0 saturated carbocycles. The van der Waals surface area contributed by atoms with Crippen LogP contribution < -0.4 is 4.90 Å². The molecular weight excluding hydrogens is 242 g/mol. The van der Waals surface area contributed by atoms with Crippen LogP contribution in [-0.4, -0.2) is 53.2 Å². The molecule has 1 aromatic rings. The van der Waals surface area contributed by atoms with Crippen LogP contribution in [0.3, 0.4) is 0 Å². The second-order valence-corrected chi connectivity index (χ2v) is 5.33. The number of hydrogen-bond acceptors (Lipinski definition) is 4. The lowest BCUT2D eigenvalue weighted by atomic mass is 10.2. The van der Waals surface area contributed by atoms with Crippen LogP contribution in [0.2, 0.25) is 0 Å². The maximum Gasteiger partial charge on any atom is 0.339 e. The molecule has 0 radical (unpaired) electrons. The summed E-state index contributed by atoms with van der Waals surface area (Å²) in [6.07, 6.45) is 6.84. The Labute approximate surface area is 112 Å². The van der Waals surface area contributed by atoms with Gasteiger partial charge in [-0.3, -0.25) is 9.88 Å². The van der Waals surface area contributed by atoms with Crippen molar-refractivity contribution in [1.29, 1.82) is 0 Å². The molecule has 5 heteroatoms. The minimum atomic E-state index is -0.896. The van der Waals surface area contributed by atoms with E-state index in [1.54, 1.807) is 6.20 Å². The van der Waals surface area contributed by atoms with E-state index in [-0.39, 0.29) is 0 Å². The highest BCUT2D eigenvalue weighted by Crippen LogP contribution is 2.27. The van der Waals surface area contributed by atoms with Crippen LogP contribution in [0.1, 0.15) is 29.6 Å². The van der Waals surface area contributed by atoms with Crippen molar-refractivity contribution >= 4 is 11.7 Å². The Balaban J connectivity index is 1.75. The lowest BCUT2D eigenvalue weighted by molar-refractivity contribution is 0.0697. The highest BCUT2D eigenvalue weighted by atomic mass is 16.4. The second-order valence-electron chi connectivity index (χ2n) is 5.33. The summed E-state index contributed by atoms with van der Waals surface area (Å²) in [6.45, 7) is 4.26. The van der Waals surface area contributed by atoms with Gasteiger partial charge in [-0.05, 0) is 38.4 Å². The number of nitrogens with zero attached hydrogens (tertiary/aromatic N) is 3. The van der Waals surface area contributed by atoms with E-state index in [0.717, 1.165) is 25.2 Å². The Bertz CT molecular complexity index is 472. The second kappa shape index (κ2) is 5.17. The number of carboxylic acids is 1. The minimum Gasteiger partial charge on any atom is -0.478 e. The molecule has 19 heavy (non-hydrogen) atoms. The van der Waals surface area contributed by atoms with E-state index in [0.29, 0.717) is 11.6 Å². The van der Waals surface area contributed by atoms with Crippen molar-refractivity contribution in [3.8, 4) is 0 Å². The molecule has 1 atom stereocenters. The summed E-state index contributed by atoms with van der Waals surface area (Å²) in [6, 6.07) is 2.40. The first-order valence-electron chi connectivity index (χ1n) is 6.92. The Morgan fingerprint density at radius 2 is 2.11 bits per heavy atom. The molecule has 3 rings (SSSR count). The first-order chi connectivity index (χ1) is 9.25. The third-order valence-electron chi connectivity index (χ3n) is 4.19. The molecule has 0 aliphatic carbocycles. The number of anilines is 1. The Hall–Kier alpha value is -1.62. The largest absolute Gasteiger partial charge is 0.478 e.